The lowest BCUT2D eigenvalue weighted by Crippen LogP contribution is -2.50. The predicted octanol–water partition coefficient (Wildman–Crippen LogP) is 1.61. The smallest absolute Gasteiger partial charge is 0.237 e. The van der Waals surface area contributed by atoms with E-state index in [0.29, 0.717) is 14.4 Å². The molecule has 0 aliphatic heterocycles. The highest BCUT2D eigenvalue weighted by Crippen LogP contribution is 2.66. The molecule has 0 saturated carbocycles. The Morgan fingerprint density at radius 3 is 2.86 bits per heavy atom. The molecule has 10 heteroatoms. The predicted molar refractivity (Wildman–Crippen MR) is 99.1 cm³/mol. The van der Waals surface area contributed by atoms with Crippen molar-refractivity contribution in [3.8, 4) is 0 Å². The van der Waals surface area contributed by atoms with Crippen LogP contribution in [0, 0.1) is 0 Å². The van der Waals surface area contributed by atoms with Crippen LogP contribution < -0.4 is 11.1 Å². The zero-order chi connectivity index (χ0) is 16.5. The van der Waals surface area contributed by atoms with E-state index in [1.54, 1.807) is 18.5 Å². The van der Waals surface area contributed by atoms with Crippen molar-refractivity contribution in [3.63, 3.8) is 0 Å². The van der Waals surface area contributed by atoms with Crippen molar-refractivity contribution in [2.24, 2.45) is 5.73 Å². The van der Waals surface area contributed by atoms with Gasteiger partial charge in [-0.15, -0.1) is 8.93 Å². The van der Waals surface area contributed by atoms with Crippen molar-refractivity contribution >= 4 is 45.0 Å². The van der Waals surface area contributed by atoms with Gasteiger partial charge in [0.1, 0.15) is 6.04 Å². The Bertz CT molecular complexity index is 492. The number of Topliss-reactive ketones (excluding diaryl/α,β-unsaturated/α-hetero) is 1. The largest absolute Gasteiger partial charge is 0.348 e. The van der Waals surface area contributed by atoms with Gasteiger partial charge in [-0.05, 0) is 32.9 Å². The number of aromatic nitrogens is 1. The third-order valence-corrected chi connectivity index (χ3v) is 11.4. The van der Waals surface area contributed by atoms with Gasteiger partial charge in [-0.2, -0.15) is 0 Å². The minimum absolute atomic E-state index is 0.151. The summed E-state index contributed by atoms with van der Waals surface area (Å²) in [6, 6.07) is 2.25. The summed E-state index contributed by atoms with van der Waals surface area (Å²) in [5.74, 6) is -0.517. The van der Waals surface area contributed by atoms with E-state index in [1.807, 2.05) is 6.07 Å². The molecule has 1 rings (SSSR count). The first-order valence-electron chi connectivity index (χ1n) is 6.53. The van der Waals surface area contributed by atoms with Crippen molar-refractivity contribution in [3.05, 3.63) is 30.1 Å². The average molecular weight is 379 g/mol. The van der Waals surface area contributed by atoms with Crippen LogP contribution in [0.4, 0.5) is 0 Å². The zero-order valence-corrected chi connectivity index (χ0v) is 16.4. The lowest BCUT2D eigenvalue weighted by molar-refractivity contribution is -0.128. The van der Waals surface area contributed by atoms with Crippen LogP contribution >= 0.6 is 33.3 Å². The van der Waals surface area contributed by atoms with E-state index in [-0.39, 0.29) is 18.3 Å². The molecule has 0 bridgehead atoms. The van der Waals surface area contributed by atoms with Crippen LogP contribution in [0.15, 0.2) is 24.5 Å². The van der Waals surface area contributed by atoms with Gasteiger partial charge in [0.25, 0.3) is 0 Å². The lowest BCUT2D eigenvalue weighted by atomic mass is 10.1. The van der Waals surface area contributed by atoms with Gasteiger partial charge in [0.05, 0.1) is 20.2 Å². The summed E-state index contributed by atoms with van der Waals surface area (Å²) in [6.45, 7) is 1.59. The molecule has 0 radical (unpaired) electrons. The van der Waals surface area contributed by atoms with Gasteiger partial charge < -0.3 is 15.6 Å². The van der Waals surface area contributed by atoms with Crippen LogP contribution in [0.2, 0.25) is 0 Å². The molecular weight excluding hydrogens is 358 g/mol. The molecule has 1 heterocycles. The molecule has 1 aromatic rings. The molecule has 1 aromatic heterocycles. The van der Waals surface area contributed by atoms with Crippen LogP contribution in [0.1, 0.15) is 12.5 Å². The number of carbonyl (C=O) groups excluding carboxylic acids is 2. The number of nitrogens with two attached hydrogens (primary N) is 1. The van der Waals surface area contributed by atoms with Gasteiger partial charge in [0.2, 0.25) is 5.91 Å². The summed E-state index contributed by atoms with van der Waals surface area (Å²) in [4.78, 5) is 27.7. The summed E-state index contributed by atoms with van der Waals surface area (Å²) < 4.78 is 5.55. The molecule has 0 aliphatic rings. The average Bonchev–Trinajstić information content (AvgIpc) is 2.51. The number of carbonyl (C=O) groups is 2. The Labute approximate surface area is 137 Å². The second-order valence-electron chi connectivity index (χ2n) is 4.59. The molecule has 122 valence electrons. The molecule has 0 saturated heterocycles. The SMILES string of the molecule is CC(=O)[C@H](COP(P)PP)NC(=O)[C@H](N)Cc1cccnc1. The number of pyridine rings is 1. The number of rotatable bonds is 9. The summed E-state index contributed by atoms with van der Waals surface area (Å²) >= 11 is 0. The molecule has 0 fully saturated rings. The minimum Gasteiger partial charge on any atom is -0.348 e. The molecule has 1 amide bonds. The fraction of sp³-hybridized carbons (Fsp3) is 0.417. The van der Waals surface area contributed by atoms with Crippen molar-refractivity contribution < 1.29 is 14.1 Å². The second-order valence-corrected chi connectivity index (χ2v) is 13.1. The van der Waals surface area contributed by atoms with E-state index in [2.05, 4.69) is 28.2 Å². The van der Waals surface area contributed by atoms with Gasteiger partial charge in [0, 0.05) is 12.4 Å². The molecule has 4 unspecified atom stereocenters. The Morgan fingerprint density at radius 1 is 1.59 bits per heavy atom. The van der Waals surface area contributed by atoms with E-state index < -0.39 is 19.6 Å². The second kappa shape index (κ2) is 10.7. The van der Waals surface area contributed by atoms with Gasteiger partial charge in [-0.25, -0.2) is 0 Å². The van der Waals surface area contributed by atoms with Crippen molar-refractivity contribution in [1.82, 2.24) is 10.3 Å². The molecule has 6 atom stereocenters. The molecular formula is C12H21N3O3P4. The number of nitrogens with zero attached hydrogens (tertiary/aromatic N) is 1. The maximum absolute atomic E-state index is 12.1. The Balaban J connectivity index is 2.53. The van der Waals surface area contributed by atoms with Crippen molar-refractivity contribution in [1.29, 1.82) is 0 Å². The molecule has 22 heavy (non-hydrogen) atoms. The normalized spacial score (nSPS) is 15.5. The summed E-state index contributed by atoms with van der Waals surface area (Å²) in [5.41, 5.74) is 6.76. The fourth-order valence-electron chi connectivity index (χ4n) is 1.60. The van der Waals surface area contributed by atoms with E-state index in [4.69, 9.17) is 10.3 Å². The van der Waals surface area contributed by atoms with Crippen LogP contribution in [-0.4, -0.2) is 35.4 Å². The number of hydrogen-bond acceptors (Lipinski definition) is 5. The van der Waals surface area contributed by atoms with Crippen LogP contribution in [0.25, 0.3) is 0 Å². The van der Waals surface area contributed by atoms with Crippen LogP contribution in [0.3, 0.4) is 0 Å². The fourth-order valence-corrected chi connectivity index (χ4v) is 3.36. The molecule has 6 nitrogen and oxygen atoms in total. The topological polar surface area (TPSA) is 94.3 Å². The Morgan fingerprint density at radius 2 is 2.32 bits per heavy atom. The zero-order valence-electron chi connectivity index (χ0n) is 12.2. The molecule has 0 spiro atoms. The maximum Gasteiger partial charge on any atom is 0.237 e. The summed E-state index contributed by atoms with van der Waals surface area (Å²) in [5, 5.41) is 2.65. The van der Waals surface area contributed by atoms with Gasteiger partial charge in [0.15, 0.2) is 5.78 Å². The van der Waals surface area contributed by atoms with Gasteiger partial charge >= 0.3 is 0 Å². The first-order chi connectivity index (χ1) is 10.4. The third-order valence-electron chi connectivity index (χ3n) is 2.83. The molecule has 0 aromatic carbocycles. The standard InChI is InChI=1S/C12H21N3O3P4/c1-8(16)11(7-18-22(20)21-19)15-12(17)10(13)5-9-3-2-4-14-6-9/h2-4,6,10-11,21H,5,7,13,19-20H2,1H3,(H,15,17)/t10-,11+,22?/m1/s1. The van der Waals surface area contributed by atoms with Crippen LogP contribution in [0.5, 0.6) is 0 Å². The Hall–Kier alpha value is -0.0700. The quantitative estimate of drug-likeness (QED) is 0.636. The van der Waals surface area contributed by atoms with Crippen molar-refractivity contribution in [2.75, 3.05) is 6.61 Å². The molecule has 3 N–H and O–H groups in total. The highest BCUT2D eigenvalue weighted by Gasteiger charge is 2.22. The first kappa shape index (κ1) is 20.0. The maximum atomic E-state index is 12.1. The summed E-state index contributed by atoms with van der Waals surface area (Å²) in [7, 11) is 5.12. The van der Waals surface area contributed by atoms with E-state index in [9.17, 15) is 9.59 Å². The van der Waals surface area contributed by atoms with E-state index in [0.717, 1.165) is 5.56 Å². The van der Waals surface area contributed by atoms with Gasteiger partial charge in [-0.1, -0.05) is 15.0 Å². The highest BCUT2D eigenvalue weighted by atomic mass is 32.6. The van der Waals surface area contributed by atoms with E-state index in [1.165, 1.54) is 6.92 Å². The summed E-state index contributed by atoms with van der Waals surface area (Å²) in [6.07, 6.45) is 3.69. The van der Waals surface area contributed by atoms with Crippen LogP contribution in [-0.2, 0) is 20.5 Å². The van der Waals surface area contributed by atoms with Gasteiger partial charge in [-0.3, -0.25) is 14.6 Å². The lowest BCUT2D eigenvalue weighted by Gasteiger charge is -2.20. The van der Waals surface area contributed by atoms with E-state index >= 15 is 0 Å². The molecule has 0 aliphatic carbocycles. The third kappa shape index (κ3) is 7.47. The minimum atomic E-state index is -0.729. The highest BCUT2D eigenvalue weighted by molar-refractivity contribution is 8.59. The first-order valence-corrected chi connectivity index (χ1v) is 13.1. The number of hydrogen-bond donors (Lipinski definition) is 2. The van der Waals surface area contributed by atoms with Crippen molar-refractivity contribution in [2.45, 2.75) is 25.4 Å². The number of amides is 1. The number of ketones is 1. The monoisotopic (exact) mass is 379 g/mol. The Kier molecular flexibility index (Phi) is 9.68. The number of nitrogens with one attached hydrogen (secondary N) is 1.